The van der Waals surface area contributed by atoms with Crippen molar-refractivity contribution in [3.63, 3.8) is 0 Å². The summed E-state index contributed by atoms with van der Waals surface area (Å²) in [4.78, 5) is 14.4. The van der Waals surface area contributed by atoms with Gasteiger partial charge in [-0.05, 0) is 38.6 Å². The molecule has 1 aliphatic heterocycles. The molecule has 1 unspecified atom stereocenters. The van der Waals surface area contributed by atoms with Crippen molar-refractivity contribution < 1.29 is 13.6 Å². The maximum absolute atomic E-state index is 13.9. The van der Waals surface area contributed by atoms with E-state index in [4.69, 9.17) is 0 Å². The van der Waals surface area contributed by atoms with Gasteiger partial charge in [-0.2, -0.15) is 0 Å². The van der Waals surface area contributed by atoms with Gasteiger partial charge in [0.05, 0.1) is 0 Å². The fourth-order valence-corrected chi connectivity index (χ4v) is 2.63. The number of benzene rings is 1. The predicted octanol–water partition coefficient (Wildman–Crippen LogP) is 2.31. The number of likely N-dealkylation sites (N-methyl/N-ethyl adjacent to an activating group) is 2. The van der Waals surface area contributed by atoms with Crippen LogP contribution < -0.4 is 4.90 Å². The molecule has 0 radical (unpaired) electrons. The summed E-state index contributed by atoms with van der Waals surface area (Å²) in [5.41, 5.74) is -0.0289. The molecule has 0 N–H and O–H groups in total. The third-order valence-electron chi connectivity index (χ3n) is 3.68. The first-order valence-electron chi connectivity index (χ1n) is 6.38. The van der Waals surface area contributed by atoms with Crippen LogP contribution in [-0.2, 0) is 0 Å². The van der Waals surface area contributed by atoms with Gasteiger partial charge in [-0.1, -0.05) is 0 Å². The maximum Gasteiger partial charge on any atom is 0.150 e. The molecular weight excluding hydrogens is 250 g/mol. The third-order valence-corrected chi connectivity index (χ3v) is 3.68. The zero-order chi connectivity index (χ0) is 14.0. The van der Waals surface area contributed by atoms with Crippen molar-refractivity contribution in [1.82, 2.24) is 4.90 Å². The van der Waals surface area contributed by atoms with Crippen molar-refractivity contribution >= 4 is 12.0 Å². The lowest BCUT2D eigenvalue weighted by Crippen LogP contribution is -2.45. The molecule has 104 valence electrons. The first kappa shape index (κ1) is 13.9. The second-order valence-corrected chi connectivity index (χ2v) is 5.12. The van der Waals surface area contributed by atoms with Crippen LogP contribution in [-0.4, -0.2) is 44.4 Å². The Bertz CT molecular complexity index is 456. The summed E-state index contributed by atoms with van der Waals surface area (Å²) in [5, 5.41) is 0. The Kier molecular flexibility index (Phi) is 4.14. The molecule has 5 heteroatoms. The fourth-order valence-electron chi connectivity index (χ4n) is 2.63. The van der Waals surface area contributed by atoms with E-state index >= 15 is 0 Å². The van der Waals surface area contributed by atoms with E-state index in [-0.39, 0.29) is 17.3 Å². The highest BCUT2D eigenvalue weighted by molar-refractivity contribution is 5.76. The minimum Gasteiger partial charge on any atom is -0.366 e. The Morgan fingerprint density at radius 3 is 2.53 bits per heavy atom. The summed E-state index contributed by atoms with van der Waals surface area (Å²) >= 11 is 0. The fraction of sp³-hybridized carbons (Fsp3) is 0.500. The number of aldehydes is 1. The predicted molar refractivity (Wildman–Crippen MR) is 70.7 cm³/mol. The molecule has 3 nitrogen and oxygen atoms in total. The summed E-state index contributed by atoms with van der Waals surface area (Å²) in [7, 11) is 3.70. The van der Waals surface area contributed by atoms with Gasteiger partial charge >= 0.3 is 0 Å². The standard InChI is InChI=1S/C14H18F2N2O/c1-17-5-3-4-11(8-17)18(2)14-12(15)6-10(9-19)7-13(14)16/h6-7,9,11H,3-5,8H2,1-2H3. The Morgan fingerprint density at radius 1 is 1.37 bits per heavy atom. The van der Waals surface area contributed by atoms with E-state index in [2.05, 4.69) is 4.90 Å². The molecule has 1 aromatic carbocycles. The summed E-state index contributed by atoms with van der Waals surface area (Å²) < 4.78 is 27.9. The molecule has 2 rings (SSSR count). The van der Waals surface area contributed by atoms with Gasteiger partial charge in [-0.25, -0.2) is 8.78 Å². The lowest BCUT2D eigenvalue weighted by atomic mass is 10.0. The van der Waals surface area contributed by atoms with Crippen molar-refractivity contribution in [2.24, 2.45) is 0 Å². The number of halogens is 2. The number of piperidine rings is 1. The van der Waals surface area contributed by atoms with Gasteiger partial charge in [0.15, 0.2) is 0 Å². The van der Waals surface area contributed by atoms with Crippen LogP contribution in [0.4, 0.5) is 14.5 Å². The average molecular weight is 268 g/mol. The molecular formula is C14H18F2N2O. The molecule has 0 spiro atoms. The van der Waals surface area contributed by atoms with Crippen molar-refractivity contribution in [3.8, 4) is 0 Å². The number of likely N-dealkylation sites (tertiary alicyclic amines) is 1. The lowest BCUT2D eigenvalue weighted by molar-refractivity contribution is 0.112. The lowest BCUT2D eigenvalue weighted by Gasteiger charge is -2.37. The normalized spacial score (nSPS) is 20.3. The van der Waals surface area contributed by atoms with Crippen molar-refractivity contribution in [3.05, 3.63) is 29.3 Å². The van der Waals surface area contributed by atoms with E-state index in [0.717, 1.165) is 38.1 Å². The van der Waals surface area contributed by atoms with E-state index < -0.39 is 11.6 Å². The smallest absolute Gasteiger partial charge is 0.150 e. The highest BCUT2D eigenvalue weighted by atomic mass is 19.1. The highest BCUT2D eigenvalue weighted by Gasteiger charge is 2.25. The zero-order valence-corrected chi connectivity index (χ0v) is 11.2. The molecule has 1 aliphatic rings. The number of anilines is 1. The van der Waals surface area contributed by atoms with E-state index in [0.29, 0.717) is 6.29 Å². The molecule has 1 heterocycles. The molecule has 1 aromatic rings. The second kappa shape index (κ2) is 5.65. The summed E-state index contributed by atoms with van der Waals surface area (Å²) in [6.07, 6.45) is 2.38. The molecule has 1 atom stereocenters. The largest absolute Gasteiger partial charge is 0.366 e. The maximum atomic E-state index is 13.9. The molecule has 0 aromatic heterocycles. The minimum absolute atomic E-state index is 0.0212. The average Bonchev–Trinajstić information content (AvgIpc) is 2.37. The number of hydrogen-bond donors (Lipinski definition) is 0. The van der Waals surface area contributed by atoms with E-state index in [1.54, 1.807) is 11.9 Å². The number of rotatable bonds is 3. The van der Waals surface area contributed by atoms with Crippen molar-refractivity contribution in [2.45, 2.75) is 18.9 Å². The number of carbonyl (C=O) groups excluding carboxylic acids is 1. The van der Waals surface area contributed by atoms with E-state index in [1.807, 2.05) is 7.05 Å². The SMILES string of the molecule is CN1CCCC(N(C)c2c(F)cc(C=O)cc2F)C1. The van der Waals surface area contributed by atoms with Gasteiger partial charge in [0.1, 0.15) is 23.6 Å². The summed E-state index contributed by atoms with van der Waals surface area (Å²) in [6.45, 7) is 1.80. The Labute approximate surface area is 111 Å². The molecule has 0 saturated carbocycles. The second-order valence-electron chi connectivity index (χ2n) is 5.12. The summed E-state index contributed by atoms with van der Waals surface area (Å²) in [5.74, 6) is -1.37. The van der Waals surface area contributed by atoms with Crippen LogP contribution in [0.5, 0.6) is 0 Å². The van der Waals surface area contributed by atoms with Gasteiger partial charge < -0.3 is 9.80 Å². The number of hydrogen-bond acceptors (Lipinski definition) is 3. The van der Waals surface area contributed by atoms with Crippen LogP contribution in [0.25, 0.3) is 0 Å². The number of nitrogens with zero attached hydrogens (tertiary/aromatic N) is 2. The van der Waals surface area contributed by atoms with Crippen LogP contribution >= 0.6 is 0 Å². The molecule has 0 aliphatic carbocycles. The van der Waals surface area contributed by atoms with Crippen LogP contribution in [0.2, 0.25) is 0 Å². The summed E-state index contributed by atoms with van der Waals surface area (Å²) in [6, 6.07) is 2.24. The quantitative estimate of drug-likeness (QED) is 0.786. The van der Waals surface area contributed by atoms with Crippen LogP contribution in [0.3, 0.4) is 0 Å². The molecule has 19 heavy (non-hydrogen) atoms. The first-order chi connectivity index (χ1) is 9.02. The Balaban J connectivity index is 2.27. The minimum atomic E-state index is -0.683. The van der Waals surface area contributed by atoms with Gasteiger partial charge in [0, 0.05) is 25.2 Å². The van der Waals surface area contributed by atoms with Crippen LogP contribution in [0.1, 0.15) is 23.2 Å². The van der Waals surface area contributed by atoms with Gasteiger partial charge in [0.25, 0.3) is 0 Å². The van der Waals surface area contributed by atoms with Crippen LogP contribution in [0.15, 0.2) is 12.1 Å². The van der Waals surface area contributed by atoms with Gasteiger partial charge in [0.2, 0.25) is 0 Å². The Hall–Kier alpha value is -1.49. The van der Waals surface area contributed by atoms with Crippen molar-refractivity contribution in [1.29, 1.82) is 0 Å². The zero-order valence-electron chi connectivity index (χ0n) is 11.2. The van der Waals surface area contributed by atoms with Gasteiger partial charge in [-0.3, -0.25) is 4.79 Å². The molecule has 1 saturated heterocycles. The first-order valence-corrected chi connectivity index (χ1v) is 6.38. The third kappa shape index (κ3) is 2.92. The molecule has 1 fully saturated rings. The van der Waals surface area contributed by atoms with Crippen LogP contribution in [0, 0.1) is 11.6 Å². The van der Waals surface area contributed by atoms with E-state index in [9.17, 15) is 13.6 Å². The monoisotopic (exact) mass is 268 g/mol. The van der Waals surface area contributed by atoms with E-state index in [1.165, 1.54) is 0 Å². The van der Waals surface area contributed by atoms with Crippen molar-refractivity contribution in [2.75, 3.05) is 32.1 Å². The number of carbonyl (C=O) groups is 1. The molecule has 0 amide bonds. The topological polar surface area (TPSA) is 23.6 Å². The Morgan fingerprint density at radius 2 is 2.00 bits per heavy atom. The highest BCUT2D eigenvalue weighted by Crippen LogP contribution is 2.27. The van der Waals surface area contributed by atoms with Gasteiger partial charge in [-0.15, -0.1) is 0 Å². The molecule has 0 bridgehead atoms.